The fourth-order valence-electron chi connectivity index (χ4n) is 0.968. The van der Waals surface area contributed by atoms with E-state index in [0.29, 0.717) is 5.56 Å². The van der Waals surface area contributed by atoms with E-state index in [1.807, 2.05) is 0 Å². The van der Waals surface area contributed by atoms with Crippen molar-refractivity contribution >= 4 is 11.5 Å². The van der Waals surface area contributed by atoms with Gasteiger partial charge in [-0.2, -0.15) is 0 Å². The Balaban J connectivity index is 2.89. The number of carbonyl (C=O) groups is 1. The third-order valence-corrected chi connectivity index (χ3v) is 1.52. The third kappa shape index (κ3) is 2.05. The predicted molar refractivity (Wildman–Crippen MR) is 45.2 cm³/mol. The summed E-state index contributed by atoms with van der Waals surface area (Å²) in [5, 5.41) is 0. The van der Waals surface area contributed by atoms with E-state index in [1.165, 1.54) is 19.1 Å². The van der Waals surface area contributed by atoms with E-state index in [2.05, 4.69) is 0 Å². The van der Waals surface area contributed by atoms with Crippen molar-refractivity contribution in [2.45, 2.75) is 13.3 Å². The van der Waals surface area contributed by atoms with Gasteiger partial charge in [0.05, 0.1) is 5.69 Å². The van der Waals surface area contributed by atoms with Crippen molar-refractivity contribution in [2.24, 2.45) is 0 Å². The fraction of sp³-hybridized carbons (Fsp3) is 0.222. The summed E-state index contributed by atoms with van der Waals surface area (Å²) in [7, 11) is 0. The predicted octanol–water partition coefficient (Wildman–Crippen LogP) is 1.54. The van der Waals surface area contributed by atoms with Gasteiger partial charge in [0.25, 0.3) is 0 Å². The molecular weight excluding hydrogens is 157 g/mol. The summed E-state index contributed by atoms with van der Waals surface area (Å²) in [6.45, 7) is 1.47. The molecule has 0 saturated carbocycles. The number of rotatable bonds is 2. The third-order valence-electron chi connectivity index (χ3n) is 1.52. The van der Waals surface area contributed by atoms with Crippen LogP contribution in [-0.2, 0) is 11.2 Å². The van der Waals surface area contributed by atoms with Crippen LogP contribution >= 0.6 is 0 Å². The first kappa shape index (κ1) is 8.71. The van der Waals surface area contributed by atoms with E-state index < -0.39 is 5.82 Å². The Labute approximate surface area is 70.2 Å². The molecule has 64 valence electrons. The molecule has 0 fully saturated rings. The second kappa shape index (κ2) is 3.34. The summed E-state index contributed by atoms with van der Waals surface area (Å²) in [6.07, 6.45) is 0.261. The Morgan fingerprint density at radius 2 is 2.25 bits per heavy atom. The Morgan fingerprint density at radius 3 is 2.75 bits per heavy atom. The SMILES string of the molecule is CC(=O)Cc1ccc(N)c(F)c1. The van der Waals surface area contributed by atoms with Crippen molar-refractivity contribution in [1.29, 1.82) is 0 Å². The monoisotopic (exact) mass is 167 g/mol. The minimum absolute atomic E-state index is 0.0131. The number of nitrogens with two attached hydrogens (primary N) is 1. The maximum Gasteiger partial charge on any atom is 0.146 e. The van der Waals surface area contributed by atoms with Gasteiger partial charge in [-0.25, -0.2) is 4.39 Å². The molecule has 0 atom stereocenters. The minimum Gasteiger partial charge on any atom is -0.396 e. The molecule has 0 aromatic heterocycles. The van der Waals surface area contributed by atoms with Gasteiger partial charge in [-0.15, -0.1) is 0 Å². The molecule has 0 aliphatic rings. The standard InChI is InChI=1S/C9H10FNO/c1-6(12)4-7-2-3-9(11)8(10)5-7/h2-3,5H,4,11H2,1H3. The van der Waals surface area contributed by atoms with Crippen molar-refractivity contribution in [2.75, 3.05) is 5.73 Å². The van der Waals surface area contributed by atoms with Gasteiger partial charge in [0.15, 0.2) is 0 Å². The van der Waals surface area contributed by atoms with E-state index in [0.717, 1.165) is 0 Å². The van der Waals surface area contributed by atoms with Crippen molar-refractivity contribution in [3.63, 3.8) is 0 Å². The molecule has 2 N–H and O–H groups in total. The van der Waals surface area contributed by atoms with Crippen LogP contribution in [0.3, 0.4) is 0 Å². The molecule has 0 aliphatic heterocycles. The number of benzene rings is 1. The Bertz CT molecular complexity index is 309. The van der Waals surface area contributed by atoms with Gasteiger partial charge in [0, 0.05) is 6.42 Å². The second-order valence-corrected chi connectivity index (χ2v) is 2.73. The average Bonchev–Trinajstić information content (AvgIpc) is 1.96. The first-order chi connectivity index (χ1) is 5.59. The van der Waals surface area contributed by atoms with Crippen molar-refractivity contribution in [3.05, 3.63) is 29.6 Å². The molecule has 0 unspecified atom stereocenters. The summed E-state index contributed by atoms with van der Waals surface area (Å²) in [6, 6.07) is 4.41. The number of halogens is 1. The minimum atomic E-state index is -0.464. The number of anilines is 1. The molecule has 12 heavy (non-hydrogen) atoms. The molecule has 0 radical (unpaired) electrons. The number of Topliss-reactive ketones (excluding diaryl/α,β-unsaturated/α-hetero) is 1. The van der Waals surface area contributed by atoms with Crippen LogP contribution in [0, 0.1) is 5.82 Å². The lowest BCUT2D eigenvalue weighted by Gasteiger charge is -1.99. The largest absolute Gasteiger partial charge is 0.396 e. The van der Waals surface area contributed by atoms with Gasteiger partial charge in [-0.05, 0) is 24.6 Å². The summed E-state index contributed by atoms with van der Waals surface area (Å²) in [4.78, 5) is 10.7. The molecule has 2 nitrogen and oxygen atoms in total. The smallest absolute Gasteiger partial charge is 0.146 e. The summed E-state index contributed by atoms with van der Waals surface area (Å²) >= 11 is 0. The van der Waals surface area contributed by atoms with Gasteiger partial charge in [0.1, 0.15) is 11.6 Å². The van der Waals surface area contributed by atoms with Crippen LogP contribution in [0.15, 0.2) is 18.2 Å². The summed E-state index contributed by atoms with van der Waals surface area (Å²) in [5.74, 6) is -0.451. The van der Waals surface area contributed by atoms with Crippen LogP contribution < -0.4 is 5.73 Å². The fourth-order valence-corrected chi connectivity index (χ4v) is 0.968. The highest BCUT2D eigenvalue weighted by Crippen LogP contribution is 2.12. The molecule has 1 rings (SSSR count). The highest BCUT2D eigenvalue weighted by atomic mass is 19.1. The molecular formula is C9H10FNO. The van der Waals surface area contributed by atoms with Crippen molar-refractivity contribution < 1.29 is 9.18 Å². The molecule has 1 aromatic rings. The Kier molecular flexibility index (Phi) is 2.43. The molecule has 3 heteroatoms. The maximum absolute atomic E-state index is 12.8. The second-order valence-electron chi connectivity index (χ2n) is 2.73. The van der Waals surface area contributed by atoms with Crippen LogP contribution in [0.1, 0.15) is 12.5 Å². The lowest BCUT2D eigenvalue weighted by Crippen LogP contribution is -1.98. The summed E-state index contributed by atoms with van der Waals surface area (Å²) < 4.78 is 12.8. The number of hydrogen-bond acceptors (Lipinski definition) is 2. The average molecular weight is 167 g/mol. The zero-order chi connectivity index (χ0) is 9.14. The number of hydrogen-bond donors (Lipinski definition) is 1. The normalized spacial score (nSPS) is 9.83. The highest BCUT2D eigenvalue weighted by Gasteiger charge is 2.01. The van der Waals surface area contributed by atoms with Crippen LogP contribution in [0.5, 0.6) is 0 Å². The zero-order valence-electron chi connectivity index (χ0n) is 6.80. The van der Waals surface area contributed by atoms with Crippen LogP contribution in [0.4, 0.5) is 10.1 Å². The Morgan fingerprint density at radius 1 is 1.58 bits per heavy atom. The van der Waals surface area contributed by atoms with Crippen LogP contribution in [-0.4, -0.2) is 5.78 Å². The molecule has 0 spiro atoms. The maximum atomic E-state index is 12.8. The molecule has 0 saturated heterocycles. The first-order valence-electron chi connectivity index (χ1n) is 3.63. The summed E-state index contributed by atoms with van der Waals surface area (Å²) in [5.41, 5.74) is 6.03. The molecule has 0 aliphatic carbocycles. The molecule has 0 heterocycles. The van der Waals surface area contributed by atoms with Gasteiger partial charge in [0.2, 0.25) is 0 Å². The van der Waals surface area contributed by atoms with E-state index in [1.54, 1.807) is 6.07 Å². The van der Waals surface area contributed by atoms with Gasteiger partial charge >= 0.3 is 0 Å². The molecule has 0 amide bonds. The van der Waals surface area contributed by atoms with Gasteiger partial charge in [-0.3, -0.25) is 4.79 Å². The Hall–Kier alpha value is -1.38. The molecule has 0 bridgehead atoms. The van der Waals surface area contributed by atoms with E-state index in [4.69, 9.17) is 5.73 Å². The topological polar surface area (TPSA) is 43.1 Å². The lowest BCUT2D eigenvalue weighted by atomic mass is 10.1. The first-order valence-corrected chi connectivity index (χ1v) is 3.63. The number of carbonyl (C=O) groups excluding carboxylic acids is 1. The van der Waals surface area contributed by atoms with Crippen molar-refractivity contribution in [3.8, 4) is 0 Å². The number of nitrogen functional groups attached to an aromatic ring is 1. The van der Waals surface area contributed by atoms with Crippen LogP contribution in [0.2, 0.25) is 0 Å². The quantitative estimate of drug-likeness (QED) is 0.679. The highest BCUT2D eigenvalue weighted by molar-refractivity contribution is 5.78. The van der Waals surface area contributed by atoms with Gasteiger partial charge < -0.3 is 5.73 Å². The number of ketones is 1. The van der Waals surface area contributed by atoms with Crippen molar-refractivity contribution in [1.82, 2.24) is 0 Å². The van der Waals surface area contributed by atoms with Gasteiger partial charge in [-0.1, -0.05) is 6.07 Å². The zero-order valence-corrected chi connectivity index (χ0v) is 6.80. The van der Waals surface area contributed by atoms with E-state index >= 15 is 0 Å². The molecule has 1 aromatic carbocycles. The van der Waals surface area contributed by atoms with Crippen LogP contribution in [0.25, 0.3) is 0 Å². The van der Waals surface area contributed by atoms with E-state index in [9.17, 15) is 9.18 Å². The van der Waals surface area contributed by atoms with E-state index in [-0.39, 0.29) is 17.9 Å². The lowest BCUT2D eigenvalue weighted by molar-refractivity contribution is -0.116.